The van der Waals surface area contributed by atoms with Crippen LogP contribution in [0.2, 0.25) is 0 Å². The van der Waals surface area contributed by atoms with Gasteiger partial charge in [-0.2, -0.15) is 4.98 Å². The van der Waals surface area contributed by atoms with E-state index in [1.54, 1.807) is 13.1 Å². The quantitative estimate of drug-likeness (QED) is 0.592. The van der Waals surface area contributed by atoms with Gasteiger partial charge in [-0.05, 0) is 6.92 Å². The second-order valence-corrected chi connectivity index (χ2v) is 2.38. The van der Waals surface area contributed by atoms with Crippen LogP contribution in [0.3, 0.4) is 0 Å². The molecule has 2 aromatic heterocycles. The van der Waals surface area contributed by atoms with Crippen LogP contribution in [0.15, 0.2) is 17.2 Å². The molecule has 2 aromatic rings. The average Bonchev–Trinajstić information content (AvgIpc) is 2.04. The number of H-pyrrole nitrogens is 1. The van der Waals surface area contributed by atoms with Crippen LogP contribution < -0.4 is 5.69 Å². The molecule has 0 aliphatic heterocycles. The molecule has 0 aromatic carbocycles. The zero-order chi connectivity index (χ0) is 8.55. The summed E-state index contributed by atoms with van der Waals surface area (Å²) in [5, 5.41) is 0. The molecule has 0 fully saturated rings. The number of fused-ring (bicyclic) bond motifs is 1. The van der Waals surface area contributed by atoms with Crippen molar-refractivity contribution < 1.29 is 0 Å². The summed E-state index contributed by atoms with van der Waals surface area (Å²) in [6, 6.07) is 0. The second kappa shape index (κ2) is 2.37. The molecule has 1 N–H and O–H groups in total. The zero-order valence-electron chi connectivity index (χ0n) is 6.40. The van der Waals surface area contributed by atoms with Crippen molar-refractivity contribution >= 4 is 11.2 Å². The van der Waals surface area contributed by atoms with E-state index >= 15 is 0 Å². The molecule has 60 valence electrons. The lowest BCUT2D eigenvalue weighted by atomic mass is 10.4. The van der Waals surface area contributed by atoms with Crippen molar-refractivity contribution in [2.45, 2.75) is 6.92 Å². The number of rotatable bonds is 0. The number of hydrogen-bond acceptors (Lipinski definition) is 4. The molecule has 0 spiro atoms. The molecule has 5 heteroatoms. The van der Waals surface area contributed by atoms with E-state index in [4.69, 9.17) is 0 Å². The largest absolute Gasteiger partial charge is 0.346 e. The highest BCUT2D eigenvalue weighted by molar-refractivity contribution is 5.70. The number of nitrogens with one attached hydrogen (secondary N) is 1. The van der Waals surface area contributed by atoms with Gasteiger partial charge in [-0.15, -0.1) is 0 Å². The highest BCUT2D eigenvalue weighted by atomic mass is 16.1. The average molecular weight is 162 g/mol. The third kappa shape index (κ3) is 0.952. The SMILES string of the molecule is Cc1nc(=O)[nH]c2nccnc12. The summed E-state index contributed by atoms with van der Waals surface area (Å²) in [4.78, 5) is 25.0. The summed E-state index contributed by atoms with van der Waals surface area (Å²) in [5.41, 5.74) is 1.33. The number of aromatic amines is 1. The molecular formula is C7H6N4O. The number of hydrogen-bond donors (Lipinski definition) is 1. The van der Waals surface area contributed by atoms with Gasteiger partial charge >= 0.3 is 5.69 Å². The lowest BCUT2D eigenvalue weighted by molar-refractivity contribution is 1.03. The van der Waals surface area contributed by atoms with Gasteiger partial charge in [0.05, 0.1) is 5.69 Å². The fourth-order valence-electron chi connectivity index (χ4n) is 1.03. The Hall–Kier alpha value is -1.78. The van der Waals surface area contributed by atoms with Crippen molar-refractivity contribution in [2.75, 3.05) is 0 Å². The second-order valence-electron chi connectivity index (χ2n) is 2.38. The van der Waals surface area contributed by atoms with Crippen LogP contribution in [0.1, 0.15) is 5.69 Å². The molecule has 0 radical (unpaired) electrons. The first kappa shape index (κ1) is 6.90. The zero-order valence-corrected chi connectivity index (χ0v) is 6.40. The van der Waals surface area contributed by atoms with Crippen molar-refractivity contribution in [3.05, 3.63) is 28.6 Å². The summed E-state index contributed by atoms with van der Waals surface area (Å²) >= 11 is 0. The van der Waals surface area contributed by atoms with Crippen molar-refractivity contribution in [1.82, 2.24) is 19.9 Å². The maximum Gasteiger partial charge on any atom is 0.346 e. The van der Waals surface area contributed by atoms with Gasteiger partial charge in [0.25, 0.3) is 0 Å². The molecular weight excluding hydrogens is 156 g/mol. The van der Waals surface area contributed by atoms with Gasteiger partial charge in [-0.3, -0.25) is 4.98 Å². The third-order valence-electron chi connectivity index (χ3n) is 1.54. The van der Waals surface area contributed by atoms with Gasteiger partial charge < -0.3 is 0 Å². The summed E-state index contributed by atoms with van der Waals surface area (Å²) < 4.78 is 0. The molecule has 0 amide bonds. The minimum atomic E-state index is -0.388. The molecule has 5 nitrogen and oxygen atoms in total. The van der Waals surface area contributed by atoms with Crippen molar-refractivity contribution in [3.8, 4) is 0 Å². The maximum atomic E-state index is 10.9. The van der Waals surface area contributed by atoms with Gasteiger partial charge in [-0.25, -0.2) is 14.8 Å². The Morgan fingerprint density at radius 3 is 2.92 bits per heavy atom. The molecule has 0 atom stereocenters. The lowest BCUT2D eigenvalue weighted by Gasteiger charge is -1.95. The number of aryl methyl sites for hydroxylation is 1. The van der Waals surface area contributed by atoms with Crippen molar-refractivity contribution in [2.24, 2.45) is 0 Å². The van der Waals surface area contributed by atoms with Gasteiger partial charge in [-0.1, -0.05) is 0 Å². The summed E-state index contributed by atoms with van der Waals surface area (Å²) in [6.45, 7) is 1.73. The van der Waals surface area contributed by atoms with E-state index in [-0.39, 0.29) is 5.69 Å². The minimum Gasteiger partial charge on any atom is -0.289 e. The molecule has 2 heterocycles. The van der Waals surface area contributed by atoms with E-state index in [1.807, 2.05) is 0 Å². The van der Waals surface area contributed by atoms with Crippen LogP contribution in [0, 0.1) is 6.92 Å². The standard InChI is InChI=1S/C7H6N4O/c1-4-5-6(9-3-2-8-5)11-7(12)10-4/h2-3H,1H3,(H,9,10,11,12). The molecule has 0 saturated heterocycles. The van der Waals surface area contributed by atoms with Crippen LogP contribution >= 0.6 is 0 Å². The van der Waals surface area contributed by atoms with E-state index < -0.39 is 0 Å². The van der Waals surface area contributed by atoms with Gasteiger partial charge in [0.15, 0.2) is 5.65 Å². The summed E-state index contributed by atoms with van der Waals surface area (Å²) in [5.74, 6) is 0. The Balaban J connectivity index is 2.99. The Morgan fingerprint density at radius 1 is 1.33 bits per heavy atom. The van der Waals surface area contributed by atoms with Crippen molar-refractivity contribution in [3.63, 3.8) is 0 Å². The third-order valence-corrected chi connectivity index (χ3v) is 1.54. The lowest BCUT2D eigenvalue weighted by Crippen LogP contribution is -2.12. The van der Waals surface area contributed by atoms with Crippen LogP contribution in [0.4, 0.5) is 0 Å². The van der Waals surface area contributed by atoms with E-state index in [0.29, 0.717) is 16.9 Å². The molecule has 0 aliphatic carbocycles. The maximum absolute atomic E-state index is 10.9. The first-order chi connectivity index (χ1) is 5.77. The monoisotopic (exact) mass is 162 g/mol. The van der Waals surface area contributed by atoms with Crippen LogP contribution in [-0.2, 0) is 0 Å². The summed E-state index contributed by atoms with van der Waals surface area (Å²) in [7, 11) is 0. The van der Waals surface area contributed by atoms with E-state index in [9.17, 15) is 4.79 Å². The molecule has 0 aliphatic rings. The van der Waals surface area contributed by atoms with Crippen LogP contribution in [0.5, 0.6) is 0 Å². The Kier molecular flexibility index (Phi) is 1.36. The van der Waals surface area contributed by atoms with Crippen LogP contribution in [-0.4, -0.2) is 19.9 Å². The predicted molar refractivity (Wildman–Crippen MR) is 42.7 cm³/mol. The Labute approximate surface area is 67.5 Å². The van der Waals surface area contributed by atoms with Gasteiger partial charge in [0.1, 0.15) is 5.52 Å². The molecule has 2 rings (SSSR count). The van der Waals surface area contributed by atoms with Gasteiger partial charge in [0.2, 0.25) is 0 Å². The first-order valence-corrected chi connectivity index (χ1v) is 3.45. The number of nitrogens with zero attached hydrogens (tertiary/aromatic N) is 3. The Morgan fingerprint density at radius 2 is 2.08 bits per heavy atom. The molecule has 0 unspecified atom stereocenters. The predicted octanol–water partition coefficient (Wildman–Crippen LogP) is 0.0215. The fraction of sp³-hybridized carbons (Fsp3) is 0.143. The minimum absolute atomic E-state index is 0.388. The topological polar surface area (TPSA) is 71.5 Å². The Bertz CT molecular complexity index is 476. The molecule has 12 heavy (non-hydrogen) atoms. The highest BCUT2D eigenvalue weighted by Crippen LogP contribution is 2.03. The number of aromatic nitrogens is 4. The summed E-state index contributed by atoms with van der Waals surface area (Å²) in [6.07, 6.45) is 3.09. The molecule has 0 saturated carbocycles. The fourth-order valence-corrected chi connectivity index (χ4v) is 1.03. The normalized spacial score (nSPS) is 10.4. The van der Waals surface area contributed by atoms with E-state index in [1.165, 1.54) is 6.20 Å². The van der Waals surface area contributed by atoms with Gasteiger partial charge in [0, 0.05) is 12.4 Å². The smallest absolute Gasteiger partial charge is 0.289 e. The van der Waals surface area contributed by atoms with Crippen LogP contribution in [0.25, 0.3) is 11.2 Å². The molecule has 0 bridgehead atoms. The van der Waals surface area contributed by atoms with E-state index in [2.05, 4.69) is 19.9 Å². The first-order valence-electron chi connectivity index (χ1n) is 3.45. The van der Waals surface area contributed by atoms with E-state index in [0.717, 1.165) is 0 Å². The highest BCUT2D eigenvalue weighted by Gasteiger charge is 2.00. The van der Waals surface area contributed by atoms with Crippen molar-refractivity contribution in [1.29, 1.82) is 0 Å².